The molecular formula is C14H19NS. The fourth-order valence-corrected chi connectivity index (χ4v) is 2.69. The first-order chi connectivity index (χ1) is 7.38. The van der Waals surface area contributed by atoms with Crippen LogP contribution in [-0.4, -0.2) is 4.98 Å². The van der Waals surface area contributed by atoms with Crippen LogP contribution < -0.4 is 0 Å². The lowest BCUT2D eigenvalue weighted by atomic mass is 9.98. The third kappa shape index (κ3) is 2.12. The van der Waals surface area contributed by atoms with E-state index in [1.807, 2.05) is 11.3 Å². The minimum atomic E-state index is 0.154. The average molecular weight is 233 g/mol. The standard InChI is InChI=1S/C14H19NS/c1-9(2)10-6-7-11-12(8-10)16-13(15-11)14(3,4)5/h6-9H,1-5H3. The number of fused-ring (bicyclic) bond motifs is 1. The van der Waals surface area contributed by atoms with Crippen molar-refractivity contribution in [3.8, 4) is 0 Å². The highest BCUT2D eigenvalue weighted by atomic mass is 32.1. The highest BCUT2D eigenvalue weighted by Gasteiger charge is 2.18. The minimum Gasteiger partial charge on any atom is -0.241 e. The third-order valence-corrected chi connectivity index (χ3v) is 4.16. The molecule has 0 N–H and O–H groups in total. The Kier molecular flexibility index (Phi) is 2.79. The van der Waals surface area contributed by atoms with Crippen molar-refractivity contribution >= 4 is 21.6 Å². The topological polar surface area (TPSA) is 12.9 Å². The summed E-state index contributed by atoms with van der Waals surface area (Å²) in [7, 11) is 0. The van der Waals surface area contributed by atoms with Gasteiger partial charge in [-0.3, -0.25) is 0 Å². The van der Waals surface area contributed by atoms with Gasteiger partial charge in [-0.05, 0) is 23.6 Å². The Morgan fingerprint density at radius 2 is 1.88 bits per heavy atom. The molecular weight excluding hydrogens is 214 g/mol. The van der Waals surface area contributed by atoms with Crippen LogP contribution in [0.2, 0.25) is 0 Å². The lowest BCUT2D eigenvalue weighted by Crippen LogP contribution is -2.09. The Labute approximate surface area is 102 Å². The third-order valence-electron chi connectivity index (χ3n) is 2.72. The summed E-state index contributed by atoms with van der Waals surface area (Å²) in [6, 6.07) is 6.63. The van der Waals surface area contributed by atoms with Crippen molar-refractivity contribution in [3.05, 3.63) is 28.8 Å². The van der Waals surface area contributed by atoms with Gasteiger partial charge in [0.1, 0.15) is 0 Å². The van der Waals surface area contributed by atoms with Gasteiger partial charge in [0.2, 0.25) is 0 Å². The van der Waals surface area contributed by atoms with Crippen molar-refractivity contribution in [2.75, 3.05) is 0 Å². The molecule has 0 saturated carbocycles. The van der Waals surface area contributed by atoms with Crippen molar-refractivity contribution in [1.82, 2.24) is 4.98 Å². The maximum absolute atomic E-state index is 4.70. The second-order valence-corrected chi connectivity index (χ2v) is 6.68. The van der Waals surface area contributed by atoms with E-state index in [1.54, 1.807) is 0 Å². The second kappa shape index (κ2) is 3.85. The van der Waals surface area contributed by atoms with Gasteiger partial charge in [-0.25, -0.2) is 4.98 Å². The molecule has 0 unspecified atom stereocenters. The van der Waals surface area contributed by atoms with Crippen LogP contribution >= 0.6 is 11.3 Å². The van der Waals surface area contributed by atoms with Gasteiger partial charge in [-0.2, -0.15) is 0 Å². The SMILES string of the molecule is CC(C)c1ccc2nc(C(C)(C)C)sc2c1. The van der Waals surface area contributed by atoms with E-state index in [-0.39, 0.29) is 5.41 Å². The largest absolute Gasteiger partial charge is 0.241 e. The molecule has 1 aromatic heterocycles. The first kappa shape index (κ1) is 11.6. The highest BCUT2D eigenvalue weighted by Crippen LogP contribution is 2.32. The molecule has 1 heterocycles. The van der Waals surface area contributed by atoms with Gasteiger partial charge in [0.05, 0.1) is 15.2 Å². The predicted octanol–water partition coefficient (Wildman–Crippen LogP) is 4.72. The number of benzene rings is 1. The van der Waals surface area contributed by atoms with Gasteiger partial charge in [0.25, 0.3) is 0 Å². The van der Waals surface area contributed by atoms with Crippen molar-refractivity contribution in [1.29, 1.82) is 0 Å². The Morgan fingerprint density at radius 3 is 2.44 bits per heavy atom. The summed E-state index contributed by atoms with van der Waals surface area (Å²) in [4.78, 5) is 4.70. The van der Waals surface area contributed by atoms with Crippen LogP contribution in [0.1, 0.15) is 51.1 Å². The molecule has 16 heavy (non-hydrogen) atoms. The molecule has 0 spiro atoms. The summed E-state index contributed by atoms with van der Waals surface area (Å²) >= 11 is 1.82. The van der Waals surface area contributed by atoms with Gasteiger partial charge in [-0.15, -0.1) is 11.3 Å². The second-order valence-electron chi connectivity index (χ2n) is 5.65. The van der Waals surface area contributed by atoms with E-state index in [1.165, 1.54) is 15.3 Å². The van der Waals surface area contributed by atoms with Crippen molar-refractivity contribution in [2.24, 2.45) is 0 Å². The van der Waals surface area contributed by atoms with E-state index in [2.05, 4.69) is 52.8 Å². The van der Waals surface area contributed by atoms with Gasteiger partial charge in [0, 0.05) is 5.41 Å². The Bertz CT molecular complexity index is 503. The van der Waals surface area contributed by atoms with Crippen LogP contribution in [0, 0.1) is 0 Å². The summed E-state index contributed by atoms with van der Waals surface area (Å²) in [6.45, 7) is 11.1. The summed E-state index contributed by atoms with van der Waals surface area (Å²) in [5.41, 5.74) is 2.69. The molecule has 0 aliphatic heterocycles. The molecule has 0 amide bonds. The fraction of sp³-hybridized carbons (Fsp3) is 0.500. The maximum atomic E-state index is 4.70. The van der Waals surface area contributed by atoms with Gasteiger partial charge in [0.15, 0.2) is 0 Å². The molecule has 2 heteroatoms. The highest BCUT2D eigenvalue weighted by molar-refractivity contribution is 7.18. The van der Waals surface area contributed by atoms with Crippen LogP contribution in [0.25, 0.3) is 10.2 Å². The molecule has 0 aliphatic rings. The maximum Gasteiger partial charge on any atom is 0.0992 e. The van der Waals surface area contributed by atoms with E-state index >= 15 is 0 Å². The first-order valence-electron chi connectivity index (χ1n) is 5.79. The van der Waals surface area contributed by atoms with Crippen LogP contribution in [-0.2, 0) is 5.41 Å². The fourth-order valence-electron chi connectivity index (χ4n) is 1.62. The van der Waals surface area contributed by atoms with E-state index in [0.29, 0.717) is 5.92 Å². The van der Waals surface area contributed by atoms with Crippen molar-refractivity contribution in [2.45, 2.75) is 46.0 Å². The molecule has 0 fully saturated rings. The average Bonchev–Trinajstić information content (AvgIpc) is 2.58. The molecule has 0 atom stereocenters. The zero-order chi connectivity index (χ0) is 11.9. The van der Waals surface area contributed by atoms with Crippen molar-refractivity contribution in [3.63, 3.8) is 0 Å². The van der Waals surface area contributed by atoms with Crippen LogP contribution in [0.3, 0.4) is 0 Å². The Hall–Kier alpha value is -0.890. The first-order valence-corrected chi connectivity index (χ1v) is 6.60. The zero-order valence-electron chi connectivity index (χ0n) is 10.7. The normalized spacial score (nSPS) is 12.6. The summed E-state index contributed by atoms with van der Waals surface area (Å²) in [6.07, 6.45) is 0. The molecule has 2 aromatic rings. The van der Waals surface area contributed by atoms with E-state index in [4.69, 9.17) is 4.98 Å². The molecule has 2 rings (SSSR count). The summed E-state index contributed by atoms with van der Waals surface area (Å²) in [5.74, 6) is 0.588. The van der Waals surface area contributed by atoms with E-state index < -0.39 is 0 Å². The number of nitrogens with zero attached hydrogens (tertiary/aromatic N) is 1. The summed E-state index contributed by atoms with van der Waals surface area (Å²) < 4.78 is 1.32. The number of aromatic nitrogens is 1. The molecule has 0 bridgehead atoms. The molecule has 1 aromatic carbocycles. The summed E-state index contributed by atoms with van der Waals surface area (Å²) in [5, 5.41) is 1.23. The molecule has 86 valence electrons. The van der Waals surface area contributed by atoms with E-state index in [0.717, 1.165) is 5.52 Å². The monoisotopic (exact) mass is 233 g/mol. The van der Waals surface area contributed by atoms with Gasteiger partial charge in [-0.1, -0.05) is 40.7 Å². The smallest absolute Gasteiger partial charge is 0.0992 e. The quantitative estimate of drug-likeness (QED) is 0.694. The molecule has 0 saturated heterocycles. The van der Waals surface area contributed by atoms with Gasteiger partial charge < -0.3 is 0 Å². The number of rotatable bonds is 1. The molecule has 0 aliphatic carbocycles. The number of hydrogen-bond acceptors (Lipinski definition) is 2. The van der Waals surface area contributed by atoms with Gasteiger partial charge >= 0.3 is 0 Å². The molecule has 0 radical (unpaired) electrons. The number of hydrogen-bond donors (Lipinski definition) is 0. The predicted molar refractivity (Wildman–Crippen MR) is 72.4 cm³/mol. The van der Waals surface area contributed by atoms with Crippen molar-refractivity contribution < 1.29 is 0 Å². The van der Waals surface area contributed by atoms with Crippen LogP contribution in [0.15, 0.2) is 18.2 Å². The van der Waals surface area contributed by atoms with E-state index in [9.17, 15) is 0 Å². The van der Waals surface area contributed by atoms with Crippen LogP contribution in [0.5, 0.6) is 0 Å². The Balaban J connectivity index is 2.54. The number of thiazole rings is 1. The minimum absolute atomic E-state index is 0.154. The lowest BCUT2D eigenvalue weighted by molar-refractivity contribution is 0.587. The lowest BCUT2D eigenvalue weighted by Gasteiger charge is -2.13. The van der Waals surface area contributed by atoms with Crippen LogP contribution in [0.4, 0.5) is 0 Å². The Morgan fingerprint density at radius 1 is 1.19 bits per heavy atom. The zero-order valence-corrected chi connectivity index (χ0v) is 11.5. The molecule has 1 nitrogen and oxygen atoms in total.